The quantitative estimate of drug-likeness (QED) is 0.877. The molecule has 3 nitrogen and oxygen atoms in total. The van der Waals surface area contributed by atoms with Crippen molar-refractivity contribution in [3.63, 3.8) is 0 Å². The number of benzene rings is 1. The number of nitrogens with zero attached hydrogens (tertiary/aromatic N) is 2. The van der Waals surface area contributed by atoms with Crippen molar-refractivity contribution in [2.75, 3.05) is 0 Å². The van der Waals surface area contributed by atoms with Crippen LogP contribution in [0.5, 0.6) is 0 Å². The molecule has 2 N–H and O–H groups in total. The highest BCUT2D eigenvalue weighted by molar-refractivity contribution is 5.36. The van der Waals surface area contributed by atoms with Crippen LogP contribution in [-0.2, 0) is 12.7 Å². The van der Waals surface area contributed by atoms with Crippen molar-refractivity contribution in [1.29, 1.82) is 0 Å². The summed E-state index contributed by atoms with van der Waals surface area (Å²) < 4.78 is 38.9. The van der Waals surface area contributed by atoms with E-state index < -0.39 is 11.7 Å². The van der Waals surface area contributed by atoms with Crippen LogP contribution in [0.2, 0.25) is 0 Å². The van der Waals surface area contributed by atoms with Gasteiger partial charge in [0.2, 0.25) is 0 Å². The van der Waals surface area contributed by atoms with Gasteiger partial charge in [-0.3, -0.25) is 0 Å². The van der Waals surface area contributed by atoms with Crippen LogP contribution in [0.4, 0.5) is 13.2 Å². The fourth-order valence-corrected chi connectivity index (χ4v) is 1.43. The van der Waals surface area contributed by atoms with Gasteiger partial charge in [0.15, 0.2) is 0 Å². The molecule has 2 rings (SSSR count). The van der Waals surface area contributed by atoms with Crippen molar-refractivity contribution in [1.82, 2.24) is 9.78 Å². The Morgan fingerprint density at radius 3 is 2.65 bits per heavy atom. The van der Waals surface area contributed by atoms with Crippen molar-refractivity contribution in [3.05, 3.63) is 47.8 Å². The Morgan fingerprint density at radius 2 is 2.06 bits per heavy atom. The fraction of sp³-hybridized carbons (Fsp3) is 0.182. The number of alkyl halides is 3. The van der Waals surface area contributed by atoms with Gasteiger partial charge in [-0.15, -0.1) is 0 Å². The largest absolute Gasteiger partial charge is 0.416 e. The molecular weight excluding hydrogens is 231 g/mol. The minimum atomic E-state index is -4.35. The summed E-state index contributed by atoms with van der Waals surface area (Å²) in [4.78, 5) is 0. The van der Waals surface area contributed by atoms with Crippen LogP contribution in [0.15, 0.2) is 36.7 Å². The Labute approximate surface area is 95.7 Å². The normalized spacial score (nSPS) is 11.8. The zero-order chi connectivity index (χ0) is 12.5. The van der Waals surface area contributed by atoms with E-state index in [2.05, 4.69) is 5.10 Å². The molecule has 0 amide bonds. The molecule has 0 aliphatic rings. The highest BCUT2D eigenvalue weighted by atomic mass is 19.4. The molecular formula is C11H10F3N3. The molecule has 0 atom stereocenters. The number of nitrogens with two attached hydrogens (primary N) is 1. The lowest BCUT2D eigenvalue weighted by Gasteiger charge is -2.08. The zero-order valence-corrected chi connectivity index (χ0v) is 8.78. The van der Waals surface area contributed by atoms with E-state index in [4.69, 9.17) is 5.73 Å². The molecule has 0 fully saturated rings. The molecule has 0 aliphatic heterocycles. The lowest BCUT2D eigenvalue weighted by atomic mass is 10.2. The zero-order valence-electron chi connectivity index (χ0n) is 8.78. The van der Waals surface area contributed by atoms with E-state index in [0.717, 1.165) is 17.7 Å². The summed E-state index contributed by atoms with van der Waals surface area (Å²) in [6, 6.07) is 4.98. The first-order valence-corrected chi connectivity index (χ1v) is 4.92. The van der Waals surface area contributed by atoms with Crippen LogP contribution in [-0.4, -0.2) is 9.78 Å². The van der Waals surface area contributed by atoms with Gasteiger partial charge in [0.05, 0.1) is 17.4 Å². The molecule has 6 heteroatoms. The summed E-state index contributed by atoms with van der Waals surface area (Å²) in [5, 5.41) is 3.95. The van der Waals surface area contributed by atoms with Crippen molar-refractivity contribution < 1.29 is 13.2 Å². The Balaban J connectivity index is 2.39. The van der Waals surface area contributed by atoms with Gasteiger partial charge < -0.3 is 5.73 Å². The van der Waals surface area contributed by atoms with Crippen LogP contribution in [0.3, 0.4) is 0 Å². The van der Waals surface area contributed by atoms with Gasteiger partial charge in [0.1, 0.15) is 0 Å². The number of hydrogen-bond donors (Lipinski definition) is 1. The van der Waals surface area contributed by atoms with Crippen LogP contribution in [0, 0.1) is 0 Å². The minimum absolute atomic E-state index is 0.305. The van der Waals surface area contributed by atoms with E-state index >= 15 is 0 Å². The molecule has 1 heterocycles. The average Bonchev–Trinajstić information content (AvgIpc) is 2.76. The first kappa shape index (κ1) is 11.7. The maximum Gasteiger partial charge on any atom is 0.416 e. The average molecular weight is 241 g/mol. The summed E-state index contributed by atoms with van der Waals surface area (Å²) in [5.41, 5.74) is 5.84. The van der Waals surface area contributed by atoms with Crippen molar-refractivity contribution in [2.45, 2.75) is 12.7 Å². The second kappa shape index (κ2) is 4.21. The summed E-state index contributed by atoms with van der Waals surface area (Å²) in [6.07, 6.45) is -1.21. The molecule has 0 spiro atoms. The Bertz CT molecular complexity index is 517. The van der Waals surface area contributed by atoms with Crippen LogP contribution < -0.4 is 5.73 Å². The van der Waals surface area contributed by atoms with E-state index in [-0.39, 0.29) is 0 Å². The minimum Gasteiger partial charge on any atom is -0.326 e. The molecule has 1 aromatic heterocycles. The molecule has 1 aromatic carbocycles. The number of aromatic nitrogens is 2. The van der Waals surface area contributed by atoms with Crippen LogP contribution in [0.1, 0.15) is 11.1 Å². The van der Waals surface area contributed by atoms with Crippen LogP contribution >= 0.6 is 0 Å². The van der Waals surface area contributed by atoms with Gasteiger partial charge in [0, 0.05) is 18.3 Å². The van der Waals surface area contributed by atoms with E-state index in [0.29, 0.717) is 12.2 Å². The maximum absolute atomic E-state index is 12.5. The smallest absolute Gasteiger partial charge is 0.326 e. The lowest BCUT2D eigenvalue weighted by molar-refractivity contribution is -0.137. The third kappa shape index (κ3) is 2.47. The van der Waals surface area contributed by atoms with Crippen molar-refractivity contribution >= 4 is 0 Å². The van der Waals surface area contributed by atoms with Crippen molar-refractivity contribution in [2.24, 2.45) is 5.73 Å². The second-order valence-electron chi connectivity index (χ2n) is 3.55. The molecule has 0 radical (unpaired) electrons. The summed E-state index contributed by atoms with van der Waals surface area (Å²) in [6.45, 7) is 0.305. The molecule has 2 aromatic rings. The second-order valence-corrected chi connectivity index (χ2v) is 3.55. The standard InChI is InChI=1S/C11H10F3N3/c12-11(13,14)9-2-1-3-10(4-9)17-7-8(5-15)6-16-17/h1-4,6-7H,5,15H2. The maximum atomic E-state index is 12.5. The van der Waals surface area contributed by atoms with Gasteiger partial charge in [-0.2, -0.15) is 18.3 Å². The molecule has 0 saturated heterocycles. The summed E-state index contributed by atoms with van der Waals surface area (Å²) >= 11 is 0. The van der Waals surface area contributed by atoms with Crippen molar-refractivity contribution in [3.8, 4) is 5.69 Å². The molecule has 17 heavy (non-hydrogen) atoms. The van der Waals surface area contributed by atoms with Gasteiger partial charge in [-0.05, 0) is 18.2 Å². The van der Waals surface area contributed by atoms with Gasteiger partial charge in [-0.1, -0.05) is 6.07 Å². The van der Waals surface area contributed by atoms with E-state index in [1.807, 2.05) is 0 Å². The van der Waals surface area contributed by atoms with E-state index in [1.54, 1.807) is 12.3 Å². The lowest BCUT2D eigenvalue weighted by Crippen LogP contribution is -2.06. The first-order chi connectivity index (χ1) is 8.00. The number of halogens is 3. The summed E-state index contributed by atoms with van der Waals surface area (Å²) in [7, 11) is 0. The Hall–Kier alpha value is -1.82. The third-order valence-electron chi connectivity index (χ3n) is 2.31. The van der Waals surface area contributed by atoms with Gasteiger partial charge in [0.25, 0.3) is 0 Å². The molecule has 0 bridgehead atoms. The molecule has 0 aliphatic carbocycles. The predicted octanol–water partition coefficient (Wildman–Crippen LogP) is 2.35. The van der Waals surface area contributed by atoms with E-state index in [1.165, 1.54) is 16.9 Å². The molecule has 90 valence electrons. The monoisotopic (exact) mass is 241 g/mol. The van der Waals surface area contributed by atoms with Gasteiger partial charge in [-0.25, -0.2) is 4.68 Å². The third-order valence-corrected chi connectivity index (χ3v) is 2.31. The first-order valence-electron chi connectivity index (χ1n) is 4.92. The van der Waals surface area contributed by atoms with E-state index in [9.17, 15) is 13.2 Å². The Kier molecular flexibility index (Phi) is 2.89. The topological polar surface area (TPSA) is 43.8 Å². The Morgan fingerprint density at radius 1 is 1.29 bits per heavy atom. The van der Waals surface area contributed by atoms with Crippen LogP contribution in [0.25, 0.3) is 5.69 Å². The summed E-state index contributed by atoms with van der Waals surface area (Å²) in [5.74, 6) is 0. The van der Waals surface area contributed by atoms with Gasteiger partial charge >= 0.3 is 6.18 Å². The molecule has 0 saturated carbocycles. The SMILES string of the molecule is NCc1cnn(-c2cccc(C(F)(F)F)c2)c1. The number of rotatable bonds is 2. The highest BCUT2D eigenvalue weighted by Gasteiger charge is 2.30. The highest BCUT2D eigenvalue weighted by Crippen LogP contribution is 2.30. The fourth-order valence-electron chi connectivity index (χ4n) is 1.43. The number of hydrogen-bond acceptors (Lipinski definition) is 2. The molecule has 0 unspecified atom stereocenters. The predicted molar refractivity (Wildman–Crippen MR) is 56.5 cm³/mol.